The van der Waals surface area contributed by atoms with Crippen molar-refractivity contribution in [3.8, 4) is 5.75 Å². The van der Waals surface area contributed by atoms with Gasteiger partial charge in [-0.1, -0.05) is 20.8 Å². The lowest BCUT2D eigenvalue weighted by Crippen LogP contribution is -2.33. The van der Waals surface area contributed by atoms with Gasteiger partial charge in [-0.25, -0.2) is 0 Å². The number of nitrogens with one attached hydrogen (secondary N) is 2. The van der Waals surface area contributed by atoms with E-state index < -0.39 is 0 Å². The predicted molar refractivity (Wildman–Crippen MR) is 114 cm³/mol. The maximum atomic E-state index is 5.29. The fraction of sp³-hybridized carbons (Fsp3) is 0.591. The Hall–Kier alpha value is -1.97. The third kappa shape index (κ3) is 7.51. The zero-order chi connectivity index (χ0) is 19.5. The van der Waals surface area contributed by atoms with Gasteiger partial charge in [0.15, 0.2) is 0 Å². The van der Waals surface area contributed by atoms with E-state index in [4.69, 9.17) is 9.73 Å². The molecule has 0 aromatic heterocycles. The number of hydrogen-bond donors (Lipinski definition) is 2. The first kappa shape index (κ1) is 22.1. The lowest BCUT2D eigenvalue weighted by Gasteiger charge is -2.20. The zero-order valence-electron chi connectivity index (χ0n) is 17.6. The van der Waals surface area contributed by atoms with Crippen molar-refractivity contribution in [1.29, 1.82) is 0 Å². The third-order valence-corrected chi connectivity index (χ3v) is 4.65. The van der Waals surface area contributed by atoms with Gasteiger partial charge in [0.2, 0.25) is 0 Å². The molecule has 3 atom stereocenters. The number of amidine groups is 1. The molecule has 4 heteroatoms. The molecule has 0 aliphatic rings. The maximum absolute atomic E-state index is 5.29. The minimum atomic E-state index is 0.290. The van der Waals surface area contributed by atoms with Crippen LogP contribution in [0.25, 0.3) is 5.70 Å². The van der Waals surface area contributed by atoms with Gasteiger partial charge in [0.05, 0.1) is 7.11 Å². The number of ether oxygens (including phenoxy) is 1. The second kappa shape index (κ2) is 11.6. The molecule has 0 amide bonds. The number of nitrogens with zero attached hydrogens (tertiary/aromatic N) is 1. The van der Waals surface area contributed by atoms with Crippen LogP contribution >= 0.6 is 0 Å². The summed E-state index contributed by atoms with van der Waals surface area (Å²) in [4.78, 5) is 4.88. The van der Waals surface area contributed by atoms with Gasteiger partial charge < -0.3 is 15.4 Å². The smallest absolute Gasteiger partial charge is 0.123 e. The average Bonchev–Trinajstić information content (AvgIpc) is 2.66. The van der Waals surface area contributed by atoms with Crippen molar-refractivity contribution in [1.82, 2.24) is 10.6 Å². The molecule has 2 N–H and O–H groups in total. The Balaban J connectivity index is 3.26. The Morgan fingerprint density at radius 2 is 1.54 bits per heavy atom. The van der Waals surface area contributed by atoms with E-state index >= 15 is 0 Å². The lowest BCUT2D eigenvalue weighted by molar-refractivity contribution is 0.415. The molecule has 0 aliphatic heterocycles. The highest BCUT2D eigenvalue weighted by Crippen LogP contribution is 2.18. The van der Waals surface area contributed by atoms with Crippen LogP contribution in [0.15, 0.2) is 35.3 Å². The Morgan fingerprint density at radius 3 is 2.04 bits per heavy atom. The van der Waals surface area contributed by atoms with Crippen molar-refractivity contribution in [2.75, 3.05) is 7.11 Å². The number of benzene rings is 1. The molecular formula is C22H37N3O. The topological polar surface area (TPSA) is 45.7 Å². The number of methoxy groups -OCH3 is 1. The normalized spacial score (nSPS) is 16.0. The summed E-state index contributed by atoms with van der Waals surface area (Å²) in [5.41, 5.74) is 2.22. The lowest BCUT2D eigenvalue weighted by atomic mass is 10.1. The van der Waals surface area contributed by atoms with E-state index in [-0.39, 0.29) is 0 Å². The number of aliphatic imine (C=N–C) groups is 1. The van der Waals surface area contributed by atoms with Crippen molar-refractivity contribution in [2.24, 2.45) is 4.99 Å². The summed E-state index contributed by atoms with van der Waals surface area (Å²) in [6.45, 7) is 13.1. The Labute approximate surface area is 160 Å². The van der Waals surface area contributed by atoms with E-state index in [0.717, 1.165) is 42.1 Å². The van der Waals surface area contributed by atoms with Crippen LogP contribution in [0.1, 0.15) is 66.4 Å². The van der Waals surface area contributed by atoms with Crippen molar-refractivity contribution in [3.63, 3.8) is 0 Å². The van der Waals surface area contributed by atoms with Crippen molar-refractivity contribution in [2.45, 2.75) is 78.9 Å². The highest BCUT2D eigenvalue weighted by Gasteiger charge is 2.10. The Morgan fingerprint density at radius 1 is 0.962 bits per heavy atom. The third-order valence-electron chi connectivity index (χ3n) is 4.65. The monoisotopic (exact) mass is 359 g/mol. The number of rotatable bonds is 10. The largest absolute Gasteiger partial charge is 0.497 e. The minimum Gasteiger partial charge on any atom is -0.497 e. The molecule has 0 radical (unpaired) electrons. The molecular weight excluding hydrogens is 322 g/mol. The van der Waals surface area contributed by atoms with E-state index in [1.165, 1.54) is 0 Å². The van der Waals surface area contributed by atoms with Gasteiger partial charge in [-0.2, -0.15) is 0 Å². The molecule has 146 valence electrons. The minimum absolute atomic E-state index is 0.290. The maximum Gasteiger partial charge on any atom is 0.123 e. The van der Waals surface area contributed by atoms with Crippen LogP contribution in [-0.4, -0.2) is 31.1 Å². The van der Waals surface area contributed by atoms with Gasteiger partial charge in [0.25, 0.3) is 0 Å². The van der Waals surface area contributed by atoms with E-state index in [2.05, 4.69) is 70.4 Å². The summed E-state index contributed by atoms with van der Waals surface area (Å²) >= 11 is 0. The summed E-state index contributed by atoms with van der Waals surface area (Å²) in [6.07, 6.45) is 5.29. The first-order chi connectivity index (χ1) is 12.4. The summed E-state index contributed by atoms with van der Waals surface area (Å²) < 4.78 is 5.29. The molecule has 0 spiro atoms. The van der Waals surface area contributed by atoms with Crippen LogP contribution in [0.4, 0.5) is 0 Å². The SMILES string of the molecule is CCC(C)N=C(/C=C(\NC(C)CC)c1ccc(OC)cc1)NC(C)CC. The van der Waals surface area contributed by atoms with Crippen molar-refractivity contribution >= 4 is 11.5 Å². The molecule has 0 fully saturated rings. The molecule has 0 aliphatic carbocycles. The molecule has 0 saturated carbocycles. The van der Waals surface area contributed by atoms with E-state index in [1.54, 1.807) is 7.11 Å². The van der Waals surface area contributed by atoms with E-state index in [1.807, 2.05) is 12.1 Å². The zero-order valence-corrected chi connectivity index (χ0v) is 17.6. The summed E-state index contributed by atoms with van der Waals surface area (Å²) in [5, 5.41) is 7.19. The highest BCUT2D eigenvalue weighted by atomic mass is 16.5. The second-order valence-electron chi connectivity index (χ2n) is 6.97. The van der Waals surface area contributed by atoms with Gasteiger partial charge >= 0.3 is 0 Å². The van der Waals surface area contributed by atoms with Crippen LogP contribution in [0, 0.1) is 0 Å². The average molecular weight is 360 g/mol. The molecule has 0 saturated heterocycles. The Kier molecular flexibility index (Phi) is 9.85. The number of hydrogen-bond acceptors (Lipinski definition) is 3. The van der Waals surface area contributed by atoms with Crippen LogP contribution < -0.4 is 15.4 Å². The summed E-state index contributed by atoms with van der Waals surface area (Å²) in [5.74, 6) is 1.80. The van der Waals surface area contributed by atoms with E-state index in [0.29, 0.717) is 18.1 Å². The molecule has 0 bridgehead atoms. The van der Waals surface area contributed by atoms with Crippen LogP contribution in [-0.2, 0) is 0 Å². The quantitative estimate of drug-likeness (QED) is 0.456. The van der Waals surface area contributed by atoms with Crippen molar-refractivity contribution in [3.05, 3.63) is 35.9 Å². The first-order valence-electron chi connectivity index (χ1n) is 9.90. The second-order valence-corrected chi connectivity index (χ2v) is 6.97. The van der Waals surface area contributed by atoms with Crippen LogP contribution in [0.5, 0.6) is 5.75 Å². The first-order valence-corrected chi connectivity index (χ1v) is 9.90. The molecule has 1 aromatic carbocycles. The summed E-state index contributed by atoms with van der Waals surface area (Å²) in [6, 6.07) is 9.23. The molecule has 1 aromatic rings. The van der Waals surface area contributed by atoms with Gasteiger partial charge in [0, 0.05) is 29.9 Å². The van der Waals surface area contributed by atoms with Crippen LogP contribution in [0.2, 0.25) is 0 Å². The van der Waals surface area contributed by atoms with E-state index in [9.17, 15) is 0 Å². The molecule has 26 heavy (non-hydrogen) atoms. The predicted octanol–water partition coefficient (Wildman–Crippen LogP) is 5.01. The Bertz CT molecular complexity index is 578. The standard InChI is InChI=1S/C22H37N3O/c1-8-16(4)23-21(19-11-13-20(26-7)14-12-19)15-22(24-17(5)9-2)25-18(6)10-3/h11-18,23H,8-10H2,1-7H3,(H,24,25)/b21-15-. The fourth-order valence-corrected chi connectivity index (χ4v) is 2.28. The van der Waals surface area contributed by atoms with Gasteiger partial charge in [-0.15, -0.1) is 0 Å². The molecule has 1 rings (SSSR count). The van der Waals surface area contributed by atoms with Gasteiger partial charge in [0.1, 0.15) is 11.6 Å². The highest BCUT2D eigenvalue weighted by molar-refractivity contribution is 5.99. The molecule has 4 nitrogen and oxygen atoms in total. The van der Waals surface area contributed by atoms with Crippen LogP contribution in [0.3, 0.4) is 0 Å². The molecule has 3 unspecified atom stereocenters. The van der Waals surface area contributed by atoms with Gasteiger partial charge in [-0.3, -0.25) is 4.99 Å². The summed E-state index contributed by atoms with van der Waals surface area (Å²) in [7, 11) is 1.69. The van der Waals surface area contributed by atoms with Crippen molar-refractivity contribution < 1.29 is 4.74 Å². The fourth-order valence-electron chi connectivity index (χ4n) is 2.28. The van der Waals surface area contributed by atoms with Gasteiger partial charge in [-0.05, 0) is 69.9 Å². The molecule has 0 heterocycles.